The largest absolute Gasteiger partial charge is 0.507 e. The molecule has 0 saturated heterocycles. The van der Waals surface area contributed by atoms with Crippen LogP contribution in [-0.2, 0) is 31.9 Å². The van der Waals surface area contributed by atoms with E-state index >= 15 is 0 Å². The van der Waals surface area contributed by atoms with Crippen molar-refractivity contribution in [2.75, 3.05) is 0 Å². The molecule has 0 bridgehead atoms. The van der Waals surface area contributed by atoms with Crippen molar-refractivity contribution in [2.45, 2.75) is 78.1 Å². The normalized spacial score (nSPS) is 14.6. The van der Waals surface area contributed by atoms with Gasteiger partial charge < -0.3 is 9.67 Å². The predicted molar refractivity (Wildman–Crippen MR) is 188 cm³/mol. The van der Waals surface area contributed by atoms with Crippen LogP contribution in [-0.4, -0.2) is 24.6 Å². The molecule has 6 heteroatoms. The molecule has 3 aromatic carbocycles. The third-order valence-electron chi connectivity index (χ3n) is 10.5. The monoisotopic (exact) mass is 800 g/mol. The molecule has 3 heterocycles. The first-order valence-corrected chi connectivity index (χ1v) is 16.2. The van der Waals surface area contributed by atoms with Crippen molar-refractivity contribution in [3.63, 3.8) is 0 Å². The van der Waals surface area contributed by atoms with Crippen molar-refractivity contribution < 1.29 is 26.2 Å². The van der Waals surface area contributed by atoms with Gasteiger partial charge in [-0.3, -0.25) is 4.98 Å². The van der Waals surface area contributed by atoms with Crippen molar-refractivity contribution >= 4 is 10.8 Å². The van der Waals surface area contributed by atoms with E-state index in [0.717, 1.165) is 61.6 Å². The van der Waals surface area contributed by atoms with Gasteiger partial charge in [-0.1, -0.05) is 97.2 Å². The van der Waals surface area contributed by atoms with E-state index in [-0.39, 0.29) is 37.6 Å². The molecule has 1 N–H and O–H groups in total. The van der Waals surface area contributed by atoms with E-state index in [1.54, 1.807) is 6.07 Å². The van der Waals surface area contributed by atoms with Crippen LogP contribution in [0.4, 0.5) is 0 Å². The Kier molecular flexibility index (Phi) is 8.29. The van der Waals surface area contributed by atoms with E-state index in [9.17, 15) is 5.11 Å². The van der Waals surface area contributed by atoms with Crippen molar-refractivity contribution in [3.05, 3.63) is 114 Å². The second-order valence-electron chi connectivity index (χ2n) is 14.3. The number of para-hydroxylation sites is 1. The second kappa shape index (κ2) is 11.9. The van der Waals surface area contributed by atoms with Gasteiger partial charge in [-0.2, -0.15) is 0 Å². The minimum absolute atomic E-state index is 0. The molecule has 3 aromatic heterocycles. The number of nitrogens with zero attached hydrogens (tertiary/aromatic N) is 4. The summed E-state index contributed by atoms with van der Waals surface area (Å²) in [6, 6.07) is 26.2. The van der Waals surface area contributed by atoms with Crippen LogP contribution in [0.3, 0.4) is 0 Å². The molecule has 0 saturated carbocycles. The number of aromatic hydroxyl groups is 1. The molecule has 7 rings (SSSR count). The molecule has 0 aliphatic heterocycles. The number of hydrogen-bond donors (Lipinski definition) is 1. The molecular weight excluding hydrogens is 760 g/mol. The Bertz CT molecular complexity index is 2110. The van der Waals surface area contributed by atoms with Crippen LogP contribution in [0.2, 0.25) is 0 Å². The molecule has 0 atom stereocenters. The molecule has 5 nitrogen and oxygen atoms in total. The fourth-order valence-electron chi connectivity index (χ4n) is 7.15. The first kappa shape index (κ1) is 32.8. The van der Waals surface area contributed by atoms with Gasteiger partial charge in [-0.15, -0.1) is 29.7 Å². The zero-order chi connectivity index (χ0) is 32.5. The van der Waals surface area contributed by atoms with Gasteiger partial charge in [0.1, 0.15) is 17.3 Å². The summed E-state index contributed by atoms with van der Waals surface area (Å²) in [7, 11) is 0. The fourth-order valence-corrected chi connectivity index (χ4v) is 7.15. The average Bonchev–Trinajstić information content (AvgIpc) is 3.48. The third-order valence-corrected chi connectivity index (χ3v) is 10.5. The number of phenolic OH excluding ortho intramolecular Hbond substituents is 1. The molecule has 0 amide bonds. The third kappa shape index (κ3) is 5.06. The standard InChI is InChI=1S/C41H41N4O.Pt/c1-24(2)27-15-11-16-28(25(3)4)38(27)45-23-34(44-39(45)30-22-42-21-26-13-9-10-14-29(26)30)33-20-19-32-37(43-33)36-31(17-12-18-35(36)46)40(5,6)41(32,7)8;/h9-13,15-25,46H,1-8H3;/q-1;. The quantitative estimate of drug-likeness (QED) is 0.177. The molecule has 1 aliphatic rings. The maximum Gasteiger partial charge on any atom is 0.125 e. The Morgan fingerprint density at radius 3 is 2.13 bits per heavy atom. The Morgan fingerprint density at radius 1 is 0.745 bits per heavy atom. The molecule has 0 spiro atoms. The summed E-state index contributed by atoms with van der Waals surface area (Å²) < 4.78 is 2.25. The zero-order valence-electron chi connectivity index (χ0n) is 28.3. The number of fused-ring (bicyclic) bond motifs is 4. The minimum Gasteiger partial charge on any atom is -0.507 e. The van der Waals surface area contributed by atoms with Gasteiger partial charge in [0.25, 0.3) is 0 Å². The number of aromatic nitrogens is 4. The number of rotatable bonds is 5. The Balaban J connectivity index is 0.00000386. The van der Waals surface area contributed by atoms with Crippen molar-refractivity contribution in [3.8, 4) is 45.5 Å². The number of imidazole rings is 1. The summed E-state index contributed by atoms with van der Waals surface area (Å²) in [5.74, 6) is 1.66. The Labute approximate surface area is 292 Å². The van der Waals surface area contributed by atoms with E-state index in [1.807, 2.05) is 30.6 Å². The minimum atomic E-state index is -0.216. The predicted octanol–water partition coefficient (Wildman–Crippen LogP) is 10.1. The van der Waals surface area contributed by atoms with E-state index in [0.29, 0.717) is 11.8 Å². The van der Waals surface area contributed by atoms with Crippen molar-refractivity contribution in [1.29, 1.82) is 0 Å². The molecule has 0 unspecified atom stereocenters. The zero-order valence-corrected chi connectivity index (χ0v) is 30.6. The van der Waals surface area contributed by atoms with E-state index in [1.165, 1.54) is 11.1 Å². The number of phenols is 1. The first-order valence-electron chi connectivity index (χ1n) is 16.2. The summed E-state index contributed by atoms with van der Waals surface area (Å²) in [4.78, 5) is 15.3. The molecule has 0 fully saturated rings. The fraction of sp³-hybridized carbons (Fsp3) is 0.293. The van der Waals surface area contributed by atoms with Crippen LogP contribution in [0.25, 0.3) is 50.5 Å². The van der Waals surface area contributed by atoms with Gasteiger partial charge in [0.2, 0.25) is 0 Å². The van der Waals surface area contributed by atoms with Crippen LogP contribution in [0.15, 0.2) is 85.3 Å². The topological polar surface area (TPSA) is 63.8 Å². The van der Waals surface area contributed by atoms with Crippen molar-refractivity contribution in [2.24, 2.45) is 0 Å². The number of benzene rings is 3. The van der Waals surface area contributed by atoms with Gasteiger partial charge in [-0.05, 0) is 69.6 Å². The van der Waals surface area contributed by atoms with E-state index in [4.69, 9.17) is 9.97 Å². The number of hydrogen-bond acceptors (Lipinski definition) is 4. The maximum absolute atomic E-state index is 11.2. The molecular formula is C41H41N4OPt-. The van der Waals surface area contributed by atoms with Crippen molar-refractivity contribution in [1.82, 2.24) is 19.5 Å². The molecule has 1 aliphatic carbocycles. The molecule has 0 radical (unpaired) electrons. The molecule has 6 aromatic rings. The molecule has 47 heavy (non-hydrogen) atoms. The summed E-state index contributed by atoms with van der Waals surface area (Å²) in [6.45, 7) is 18.0. The van der Waals surface area contributed by atoms with Crippen LogP contribution in [0.1, 0.15) is 89.5 Å². The van der Waals surface area contributed by atoms with Gasteiger partial charge in [0, 0.05) is 38.2 Å². The van der Waals surface area contributed by atoms with Crippen LogP contribution in [0.5, 0.6) is 5.75 Å². The van der Waals surface area contributed by atoms with Crippen LogP contribution in [0, 0.1) is 6.07 Å². The summed E-state index contributed by atoms with van der Waals surface area (Å²) in [6.07, 6.45) is 5.90. The second-order valence-corrected chi connectivity index (χ2v) is 14.3. The Hall–Kier alpha value is -4.08. The van der Waals surface area contributed by atoms with Gasteiger partial charge in [-0.25, -0.2) is 9.97 Å². The van der Waals surface area contributed by atoms with Gasteiger partial charge in [0.05, 0.1) is 17.1 Å². The Morgan fingerprint density at radius 2 is 1.43 bits per heavy atom. The summed E-state index contributed by atoms with van der Waals surface area (Å²) in [5.41, 5.74) is 9.53. The van der Waals surface area contributed by atoms with E-state index in [2.05, 4.69) is 120 Å². The number of pyridine rings is 2. The summed E-state index contributed by atoms with van der Waals surface area (Å²) >= 11 is 0. The van der Waals surface area contributed by atoms with Gasteiger partial charge >= 0.3 is 0 Å². The van der Waals surface area contributed by atoms with Crippen LogP contribution < -0.4 is 0 Å². The smallest absolute Gasteiger partial charge is 0.125 e. The van der Waals surface area contributed by atoms with E-state index < -0.39 is 0 Å². The van der Waals surface area contributed by atoms with Crippen LogP contribution >= 0.6 is 0 Å². The SMILES string of the molecule is CC(C)c1cccc(C(C)C)c1-n1cc(-c2ccc3c(n2)-c2c(O)cccc2C(C)(C)C3(C)C)nc1-c1cncc2ccc[c-]c12.[Pt]. The van der Waals surface area contributed by atoms with Gasteiger partial charge in [0.15, 0.2) is 0 Å². The first-order chi connectivity index (χ1) is 21.9. The average molecular weight is 801 g/mol. The molecule has 242 valence electrons. The summed E-state index contributed by atoms with van der Waals surface area (Å²) in [5, 5.41) is 13.2. The maximum atomic E-state index is 11.2.